The fraction of sp³-hybridized carbons (Fsp3) is 0.409. The highest BCUT2D eigenvalue weighted by Gasteiger charge is 2.35. The third-order valence-corrected chi connectivity index (χ3v) is 8.06. The lowest BCUT2D eigenvalue weighted by atomic mass is 10.1. The summed E-state index contributed by atoms with van der Waals surface area (Å²) in [6, 6.07) is 7.28. The zero-order chi connectivity index (χ0) is 24.3. The quantitative estimate of drug-likeness (QED) is 0.509. The molecular formula is C22H22F4N4O3S. The Morgan fingerprint density at radius 3 is 2.38 bits per heavy atom. The van der Waals surface area contributed by atoms with Gasteiger partial charge >= 0.3 is 6.18 Å². The number of halogens is 4. The topological polar surface area (TPSA) is 87.5 Å². The second-order valence-corrected chi connectivity index (χ2v) is 10.6. The van der Waals surface area contributed by atoms with E-state index >= 15 is 0 Å². The normalized spacial score (nSPS) is 18.5. The summed E-state index contributed by atoms with van der Waals surface area (Å²) in [5, 5.41) is 17.4. The molecule has 5 rings (SSSR count). The van der Waals surface area contributed by atoms with Gasteiger partial charge in [-0.25, -0.2) is 12.8 Å². The van der Waals surface area contributed by atoms with Gasteiger partial charge in [-0.05, 0) is 62.1 Å². The molecule has 1 saturated carbocycles. The van der Waals surface area contributed by atoms with Gasteiger partial charge < -0.3 is 10.4 Å². The number of fused-ring (bicyclic) bond motifs is 1. The number of anilines is 2. The van der Waals surface area contributed by atoms with E-state index in [1.165, 1.54) is 22.5 Å². The van der Waals surface area contributed by atoms with Crippen molar-refractivity contribution in [2.45, 2.75) is 48.9 Å². The first-order valence-electron chi connectivity index (χ1n) is 10.9. The largest absolute Gasteiger partial charge is 0.419 e. The number of nitrogens with zero attached hydrogens (tertiary/aromatic N) is 3. The number of aromatic nitrogens is 2. The Morgan fingerprint density at radius 2 is 1.74 bits per heavy atom. The van der Waals surface area contributed by atoms with Crippen molar-refractivity contribution in [3.05, 3.63) is 47.8 Å². The summed E-state index contributed by atoms with van der Waals surface area (Å²) < 4.78 is 82.6. The molecule has 7 nitrogen and oxygen atoms in total. The molecule has 0 atom stereocenters. The molecular weight excluding hydrogens is 476 g/mol. The van der Waals surface area contributed by atoms with E-state index in [0.717, 1.165) is 18.9 Å². The Labute approximate surface area is 193 Å². The Kier molecular flexibility index (Phi) is 5.57. The van der Waals surface area contributed by atoms with Gasteiger partial charge in [0.2, 0.25) is 10.0 Å². The van der Waals surface area contributed by atoms with Crippen molar-refractivity contribution < 1.29 is 31.1 Å². The van der Waals surface area contributed by atoms with Crippen LogP contribution in [0.25, 0.3) is 10.9 Å². The van der Waals surface area contributed by atoms with E-state index in [-0.39, 0.29) is 35.5 Å². The van der Waals surface area contributed by atoms with Gasteiger partial charge in [0.1, 0.15) is 5.82 Å². The summed E-state index contributed by atoms with van der Waals surface area (Å²) >= 11 is 0. The average molecular weight is 499 g/mol. The minimum atomic E-state index is -4.86. The van der Waals surface area contributed by atoms with Crippen LogP contribution < -0.4 is 5.32 Å². The van der Waals surface area contributed by atoms with Gasteiger partial charge in [-0.1, -0.05) is 0 Å². The predicted molar refractivity (Wildman–Crippen MR) is 117 cm³/mol. The lowest BCUT2D eigenvalue weighted by Gasteiger charge is -2.28. The number of alkyl halides is 3. The Morgan fingerprint density at radius 1 is 1.03 bits per heavy atom. The van der Waals surface area contributed by atoms with Gasteiger partial charge in [0.15, 0.2) is 5.82 Å². The predicted octanol–water partition coefficient (Wildman–Crippen LogP) is 4.42. The summed E-state index contributed by atoms with van der Waals surface area (Å²) in [5.74, 6) is -1.20. The number of piperidine rings is 1. The van der Waals surface area contributed by atoms with Crippen molar-refractivity contribution >= 4 is 32.4 Å². The molecule has 3 aromatic rings. The van der Waals surface area contributed by atoms with Crippen LogP contribution in [0.1, 0.15) is 37.3 Å². The highest BCUT2D eigenvalue weighted by Crippen LogP contribution is 2.40. The van der Waals surface area contributed by atoms with Gasteiger partial charge in [0, 0.05) is 24.2 Å². The Balaban J connectivity index is 1.55. The maximum Gasteiger partial charge on any atom is 0.419 e. The van der Waals surface area contributed by atoms with E-state index in [1.807, 2.05) is 0 Å². The molecule has 2 N–H and O–H groups in total. The van der Waals surface area contributed by atoms with Crippen LogP contribution in [0.5, 0.6) is 0 Å². The smallest absolute Gasteiger partial charge is 0.393 e. The fourth-order valence-electron chi connectivity index (χ4n) is 4.16. The van der Waals surface area contributed by atoms with Crippen molar-refractivity contribution in [2.24, 2.45) is 0 Å². The number of aliphatic hydroxyl groups is 1. The molecule has 34 heavy (non-hydrogen) atoms. The molecule has 2 fully saturated rings. The van der Waals surface area contributed by atoms with Gasteiger partial charge in [-0.2, -0.15) is 22.6 Å². The summed E-state index contributed by atoms with van der Waals surface area (Å²) in [7, 11) is -3.83. The average Bonchev–Trinajstić information content (AvgIpc) is 3.57. The SMILES string of the molecule is O=S(=O)(c1ccc2c(c1)c(Nc1ccc(F)c(C(F)(F)F)c1)nn2C1CC1)N1CCC(O)CC1. The van der Waals surface area contributed by atoms with E-state index < -0.39 is 33.7 Å². The fourth-order valence-corrected chi connectivity index (χ4v) is 5.66. The number of rotatable bonds is 5. The van der Waals surface area contributed by atoms with Crippen LogP contribution >= 0.6 is 0 Å². The number of aliphatic hydroxyl groups excluding tert-OH is 1. The second-order valence-electron chi connectivity index (χ2n) is 8.66. The van der Waals surface area contributed by atoms with E-state index in [0.29, 0.717) is 29.8 Å². The van der Waals surface area contributed by atoms with Crippen LogP contribution in [0.3, 0.4) is 0 Å². The minimum Gasteiger partial charge on any atom is -0.393 e. The first-order chi connectivity index (χ1) is 16.0. The maximum atomic E-state index is 13.7. The number of hydrogen-bond donors (Lipinski definition) is 2. The van der Waals surface area contributed by atoms with Gasteiger partial charge in [-0.15, -0.1) is 0 Å². The highest BCUT2D eigenvalue weighted by atomic mass is 32.2. The molecule has 1 aliphatic carbocycles. The molecule has 182 valence electrons. The number of hydrogen-bond acceptors (Lipinski definition) is 5. The lowest BCUT2D eigenvalue weighted by molar-refractivity contribution is -0.139. The van der Waals surface area contributed by atoms with Gasteiger partial charge in [0.25, 0.3) is 0 Å². The summed E-state index contributed by atoms with van der Waals surface area (Å²) in [6.45, 7) is 0.396. The Bertz CT molecular complexity index is 1340. The molecule has 2 heterocycles. The molecule has 1 saturated heterocycles. The van der Waals surface area contributed by atoms with Crippen molar-refractivity contribution in [3.8, 4) is 0 Å². The van der Waals surface area contributed by atoms with Crippen molar-refractivity contribution in [3.63, 3.8) is 0 Å². The molecule has 2 aromatic carbocycles. The highest BCUT2D eigenvalue weighted by molar-refractivity contribution is 7.89. The molecule has 2 aliphatic rings. The zero-order valence-corrected chi connectivity index (χ0v) is 18.7. The van der Waals surface area contributed by atoms with Crippen molar-refractivity contribution in [1.82, 2.24) is 14.1 Å². The molecule has 1 aliphatic heterocycles. The van der Waals surface area contributed by atoms with Crippen LogP contribution in [-0.2, 0) is 16.2 Å². The van der Waals surface area contributed by atoms with Crippen LogP contribution in [-0.4, -0.2) is 46.8 Å². The first-order valence-corrected chi connectivity index (χ1v) is 12.3. The van der Waals surface area contributed by atoms with E-state index in [9.17, 15) is 31.1 Å². The van der Waals surface area contributed by atoms with Crippen LogP contribution in [0.15, 0.2) is 41.3 Å². The molecule has 0 spiro atoms. The maximum absolute atomic E-state index is 13.7. The lowest BCUT2D eigenvalue weighted by Crippen LogP contribution is -2.39. The summed E-state index contributed by atoms with van der Waals surface area (Å²) in [5.41, 5.74) is -0.774. The van der Waals surface area contributed by atoms with E-state index in [2.05, 4.69) is 10.4 Å². The minimum absolute atomic E-state index is 0.0191. The molecule has 0 radical (unpaired) electrons. The third kappa shape index (κ3) is 4.25. The molecule has 0 unspecified atom stereocenters. The molecule has 1 aromatic heterocycles. The summed E-state index contributed by atoms with van der Waals surface area (Å²) in [6.07, 6.45) is -2.92. The van der Waals surface area contributed by atoms with Gasteiger partial charge in [0.05, 0.1) is 28.1 Å². The standard InChI is InChI=1S/C22H22F4N4O3S/c23-19-5-1-13(11-18(19)22(24,25)26)27-21-17-12-16(4-6-20(17)30(28-21)14-2-3-14)34(32,33)29-9-7-15(31)8-10-29/h1,4-6,11-12,14-15,31H,2-3,7-10H2,(H,27,28). The van der Waals surface area contributed by atoms with Crippen LogP contribution in [0.2, 0.25) is 0 Å². The monoisotopic (exact) mass is 498 g/mol. The number of sulfonamides is 1. The van der Waals surface area contributed by atoms with Crippen molar-refractivity contribution in [2.75, 3.05) is 18.4 Å². The Hall–Kier alpha value is -2.70. The summed E-state index contributed by atoms with van der Waals surface area (Å²) in [4.78, 5) is 0.0323. The van der Waals surface area contributed by atoms with Crippen molar-refractivity contribution in [1.29, 1.82) is 0 Å². The van der Waals surface area contributed by atoms with Crippen LogP contribution in [0, 0.1) is 5.82 Å². The molecule has 0 bridgehead atoms. The van der Waals surface area contributed by atoms with E-state index in [4.69, 9.17) is 0 Å². The zero-order valence-electron chi connectivity index (χ0n) is 17.9. The number of benzene rings is 2. The van der Waals surface area contributed by atoms with Crippen LogP contribution in [0.4, 0.5) is 29.1 Å². The van der Waals surface area contributed by atoms with Gasteiger partial charge in [-0.3, -0.25) is 4.68 Å². The molecule has 12 heteroatoms. The second kappa shape index (κ2) is 8.21. The third-order valence-electron chi connectivity index (χ3n) is 6.17. The first kappa shape index (κ1) is 23.1. The van der Waals surface area contributed by atoms with E-state index in [1.54, 1.807) is 10.7 Å². The number of nitrogens with one attached hydrogen (secondary N) is 1. The molecule has 0 amide bonds.